The molecule has 1 unspecified atom stereocenters. The fourth-order valence-electron chi connectivity index (χ4n) is 1.14. The van der Waals surface area contributed by atoms with E-state index in [0.717, 1.165) is 6.92 Å². The molecule has 1 N–H and O–H groups in total. The third-order valence-corrected chi connectivity index (χ3v) is 2.85. The van der Waals surface area contributed by atoms with Crippen molar-refractivity contribution in [1.82, 2.24) is 5.06 Å². The molecule has 1 saturated heterocycles. The summed E-state index contributed by atoms with van der Waals surface area (Å²) < 4.78 is 30.2. The number of carbonyl (C=O) groups excluding carboxylic acids is 2. The average molecular weight is 235 g/mol. The normalized spacial score (nSPS) is 22.0. The van der Waals surface area contributed by atoms with Crippen LogP contribution in [-0.4, -0.2) is 35.2 Å². The molecule has 0 aliphatic carbocycles. The first-order valence-corrected chi connectivity index (χ1v) is 5.40. The van der Waals surface area contributed by atoms with Gasteiger partial charge < -0.3 is 4.84 Å². The van der Waals surface area contributed by atoms with Gasteiger partial charge in [-0.3, -0.25) is 9.35 Å². The van der Waals surface area contributed by atoms with Crippen molar-refractivity contribution in [3.05, 3.63) is 12.3 Å². The molecule has 0 aromatic rings. The van der Waals surface area contributed by atoms with Crippen LogP contribution in [0.15, 0.2) is 12.3 Å². The van der Waals surface area contributed by atoms with E-state index in [1.165, 1.54) is 0 Å². The van der Waals surface area contributed by atoms with Crippen molar-refractivity contribution in [3.63, 3.8) is 0 Å². The lowest BCUT2D eigenvalue weighted by Crippen LogP contribution is -2.34. The van der Waals surface area contributed by atoms with Crippen molar-refractivity contribution in [2.24, 2.45) is 0 Å². The summed E-state index contributed by atoms with van der Waals surface area (Å²) in [6.07, 6.45) is -0.287. The minimum atomic E-state index is -4.50. The van der Waals surface area contributed by atoms with E-state index in [4.69, 9.17) is 4.55 Å². The van der Waals surface area contributed by atoms with E-state index in [-0.39, 0.29) is 12.1 Å². The molecule has 1 amide bonds. The fraction of sp³-hybridized carbons (Fsp3) is 0.429. The van der Waals surface area contributed by atoms with Gasteiger partial charge in [-0.1, -0.05) is 6.58 Å². The van der Waals surface area contributed by atoms with Crippen molar-refractivity contribution in [3.8, 4) is 0 Å². The van der Waals surface area contributed by atoms with Crippen LogP contribution in [-0.2, 0) is 24.5 Å². The molecule has 0 aromatic heterocycles. The maximum Gasteiger partial charge on any atom is 0.330 e. The summed E-state index contributed by atoms with van der Waals surface area (Å²) in [4.78, 5) is 26.4. The molecule has 0 spiro atoms. The largest absolute Gasteiger partial charge is 0.334 e. The van der Waals surface area contributed by atoms with Crippen molar-refractivity contribution in [2.45, 2.75) is 18.6 Å². The van der Waals surface area contributed by atoms with E-state index in [0.29, 0.717) is 5.06 Å². The van der Waals surface area contributed by atoms with Crippen LogP contribution in [0.1, 0.15) is 13.3 Å². The van der Waals surface area contributed by atoms with Gasteiger partial charge in [0.1, 0.15) is 0 Å². The summed E-state index contributed by atoms with van der Waals surface area (Å²) in [5, 5.41) is -1.15. The second-order valence-corrected chi connectivity index (χ2v) is 4.59. The van der Waals surface area contributed by atoms with Gasteiger partial charge >= 0.3 is 5.97 Å². The number of carbonyl (C=O) groups is 2. The smallest absolute Gasteiger partial charge is 0.330 e. The van der Waals surface area contributed by atoms with Crippen LogP contribution >= 0.6 is 0 Å². The van der Waals surface area contributed by atoms with Gasteiger partial charge in [-0.05, 0) is 0 Å². The number of allylic oxidation sites excluding steroid dienone is 1. The Morgan fingerprint density at radius 2 is 2.20 bits per heavy atom. The zero-order valence-corrected chi connectivity index (χ0v) is 8.65. The standard InChI is InChI=1S/C7H9NO6S/c1-4-3-6(15(11,12)13)7(10)8(4)14-5(2)9/h6H,1,3H2,2H3,(H,11,12,13). The lowest BCUT2D eigenvalue weighted by atomic mass is 10.3. The Balaban J connectivity index is 2.94. The van der Waals surface area contributed by atoms with Crippen LogP contribution in [0.4, 0.5) is 0 Å². The van der Waals surface area contributed by atoms with E-state index in [2.05, 4.69) is 11.4 Å². The Hall–Kier alpha value is -1.41. The molecule has 1 aliphatic heterocycles. The number of hydrogen-bond acceptors (Lipinski definition) is 5. The number of hydroxylamine groups is 2. The molecule has 7 nitrogen and oxygen atoms in total. The van der Waals surface area contributed by atoms with Crippen LogP contribution in [0.2, 0.25) is 0 Å². The summed E-state index contributed by atoms with van der Waals surface area (Å²) >= 11 is 0. The van der Waals surface area contributed by atoms with E-state index < -0.39 is 27.2 Å². The fourth-order valence-corrected chi connectivity index (χ4v) is 1.90. The zero-order valence-electron chi connectivity index (χ0n) is 7.84. The molecule has 1 atom stereocenters. The number of rotatable bonds is 2. The second-order valence-electron chi connectivity index (χ2n) is 2.99. The molecule has 0 aromatic carbocycles. The van der Waals surface area contributed by atoms with Crippen molar-refractivity contribution in [1.29, 1.82) is 0 Å². The van der Waals surface area contributed by atoms with Crippen LogP contribution in [0.3, 0.4) is 0 Å². The molecular formula is C7H9NO6S. The van der Waals surface area contributed by atoms with Gasteiger partial charge in [0.25, 0.3) is 16.0 Å². The van der Waals surface area contributed by atoms with Crippen molar-refractivity contribution in [2.75, 3.05) is 0 Å². The predicted molar refractivity (Wildman–Crippen MR) is 47.7 cm³/mol. The average Bonchev–Trinajstić information content (AvgIpc) is 2.30. The predicted octanol–water partition coefficient (Wildman–Crippen LogP) is -0.533. The van der Waals surface area contributed by atoms with Crippen LogP contribution in [0.5, 0.6) is 0 Å². The van der Waals surface area contributed by atoms with Gasteiger partial charge in [0, 0.05) is 13.3 Å². The first-order valence-electron chi connectivity index (χ1n) is 3.90. The van der Waals surface area contributed by atoms with Crippen molar-refractivity contribution >= 4 is 22.0 Å². The molecule has 1 heterocycles. The summed E-state index contributed by atoms with van der Waals surface area (Å²) in [5.74, 6) is -1.79. The molecule has 0 radical (unpaired) electrons. The van der Waals surface area contributed by atoms with Crippen LogP contribution in [0, 0.1) is 0 Å². The highest BCUT2D eigenvalue weighted by Gasteiger charge is 2.44. The third kappa shape index (κ3) is 2.34. The van der Waals surface area contributed by atoms with Gasteiger partial charge in [0.2, 0.25) is 0 Å². The maximum absolute atomic E-state index is 11.3. The highest BCUT2D eigenvalue weighted by molar-refractivity contribution is 7.87. The zero-order chi connectivity index (χ0) is 11.8. The molecule has 84 valence electrons. The Labute approximate surface area is 86.0 Å². The maximum atomic E-state index is 11.3. The lowest BCUT2D eigenvalue weighted by Gasteiger charge is -2.14. The van der Waals surface area contributed by atoms with E-state index in [1.807, 2.05) is 0 Å². The molecular weight excluding hydrogens is 226 g/mol. The van der Waals surface area contributed by atoms with E-state index in [1.54, 1.807) is 0 Å². The Kier molecular flexibility index (Phi) is 2.82. The summed E-state index contributed by atoms with van der Waals surface area (Å²) in [6, 6.07) is 0. The SMILES string of the molecule is C=C1CC(S(=O)(=O)O)C(=O)N1OC(C)=O. The highest BCUT2D eigenvalue weighted by Crippen LogP contribution is 2.26. The number of nitrogens with zero attached hydrogens (tertiary/aromatic N) is 1. The monoisotopic (exact) mass is 235 g/mol. The molecule has 8 heteroatoms. The lowest BCUT2D eigenvalue weighted by molar-refractivity contribution is -0.184. The summed E-state index contributed by atoms with van der Waals surface area (Å²) in [5.41, 5.74) is 0.0119. The minimum Gasteiger partial charge on any atom is -0.334 e. The summed E-state index contributed by atoms with van der Waals surface area (Å²) in [7, 11) is -4.50. The third-order valence-electron chi connectivity index (χ3n) is 1.76. The Bertz CT molecular complexity index is 425. The van der Waals surface area contributed by atoms with Gasteiger partial charge in [-0.15, -0.1) is 5.06 Å². The molecule has 15 heavy (non-hydrogen) atoms. The molecule has 0 saturated carbocycles. The van der Waals surface area contributed by atoms with Gasteiger partial charge in [0.15, 0.2) is 5.25 Å². The van der Waals surface area contributed by atoms with E-state index >= 15 is 0 Å². The minimum absolute atomic E-state index is 0.0119. The molecule has 1 rings (SSSR count). The topological polar surface area (TPSA) is 101 Å². The quantitative estimate of drug-likeness (QED) is 0.645. The van der Waals surface area contributed by atoms with Gasteiger partial charge in [-0.25, -0.2) is 4.79 Å². The number of amides is 1. The molecule has 0 bridgehead atoms. The molecule has 1 aliphatic rings. The first kappa shape index (κ1) is 11.7. The van der Waals surface area contributed by atoms with Gasteiger partial charge in [0.05, 0.1) is 5.70 Å². The molecule has 1 fully saturated rings. The second kappa shape index (κ2) is 3.63. The van der Waals surface area contributed by atoms with Crippen LogP contribution in [0.25, 0.3) is 0 Å². The Morgan fingerprint density at radius 3 is 2.53 bits per heavy atom. The first-order chi connectivity index (χ1) is 6.73. The van der Waals surface area contributed by atoms with Gasteiger partial charge in [-0.2, -0.15) is 8.42 Å². The summed E-state index contributed by atoms with van der Waals surface area (Å²) in [6.45, 7) is 4.41. The highest BCUT2D eigenvalue weighted by atomic mass is 32.2. The van der Waals surface area contributed by atoms with Crippen molar-refractivity contribution < 1.29 is 27.4 Å². The van der Waals surface area contributed by atoms with Crippen LogP contribution < -0.4 is 0 Å². The number of hydrogen-bond donors (Lipinski definition) is 1. The van der Waals surface area contributed by atoms with E-state index in [9.17, 15) is 18.0 Å². The Morgan fingerprint density at radius 1 is 1.67 bits per heavy atom.